The summed E-state index contributed by atoms with van der Waals surface area (Å²) in [5.74, 6) is 1.64. The number of rotatable bonds is 9. The lowest BCUT2D eigenvalue weighted by molar-refractivity contribution is -0.129. The Morgan fingerprint density at radius 3 is 2.10 bits per heavy atom. The van der Waals surface area contributed by atoms with Crippen LogP contribution in [0.4, 0.5) is 0 Å². The van der Waals surface area contributed by atoms with Gasteiger partial charge in [0.15, 0.2) is 0 Å². The van der Waals surface area contributed by atoms with Crippen LogP contribution in [0, 0.1) is 11.8 Å². The van der Waals surface area contributed by atoms with E-state index in [4.69, 9.17) is 4.74 Å². The summed E-state index contributed by atoms with van der Waals surface area (Å²) >= 11 is 0. The van der Waals surface area contributed by atoms with E-state index < -0.39 is 0 Å². The zero-order chi connectivity index (χ0) is 30.5. The van der Waals surface area contributed by atoms with Crippen molar-refractivity contribution in [1.29, 1.82) is 0 Å². The van der Waals surface area contributed by atoms with Crippen molar-refractivity contribution < 1.29 is 19.1 Å². The third-order valence-corrected chi connectivity index (χ3v) is 9.59. The first kappa shape index (κ1) is 30.5. The van der Waals surface area contributed by atoms with Gasteiger partial charge in [0.05, 0.1) is 30.2 Å². The number of ether oxygens (including phenoxy) is 1. The lowest BCUT2D eigenvalue weighted by atomic mass is 9.96. The zero-order valence-electron chi connectivity index (χ0n) is 26.9. The Hall–Kier alpha value is -2.97. The van der Waals surface area contributed by atoms with Gasteiger partial charge in [0.2, 0.25) is 11.8 Å². The average Bonchev–Trinajstić information content (AvgIpc) is 3.70. The Bertz CT molecular complexity index is 1180. The lowest BCUT2D eigenvalue weighted by Gasteiger charge is -2.37. The first-order valence-corrected chi connectivity index (χ1v) is 16.1. The van der Waals surface area contributed by atoms with Crippen molar-refractivity contribution in [3.05, 3.63) is 35.4 Å². The van der Waals surface area contributed by atoms with E-state index >= 15 is 0 Å². The molecule has 0 aromatic rings. The number of carbonyl (C=O) groups is 3. The minimum Gasteiger partial charge on any atom is -0.490 e. The molecule has 42 heavy (non-hydrogen) atoms. The highest BCUT2D eigenvalue weighted by atomic mass is 16.5. The summed E-state index contributed by atoms with van der Waals surface area (Å²) in [5, 5.41) is 3.11. The van der Waals surface area contributed by atoms with Crippen molar-refractivity contribution in [3.63, 3.8) is 0 Å². The summed E-state index contributed by atoms with van der Waals surface area (Å²) in [6.07, 6.45) is 8.90. The van der Waals surface area contributed by atoms with Crippen molar-refractivity contribution >= 4 is 17.7 Å². The van der Waals surface area contributed by atoms with Gasteiger partial charge in [-0.05, 0) is 58.8 Å². The fraction of sp³-hybridized carbons (Fsp3) is 0.727. The van der Waals surface area contributed by atoms with Crippen molar-refractivity contribution in [3.8, 4) is 0 Å². The van der Waals surface area contributed by atoms with Gasteiger partial charge < -0.3 is 29.7 Å². The molecule has 2 fully saturated rings. The van der Waals surface area contributed by atoms with Crippen LogP contribution in [0.15, 0.2) is 35.4 Å². The molecule has 2 saturated heterocycles. The Morgan fingerprint density at radius 1 is 0.905 bits per heavy atom. The summed E-state index contributed by atoms with van der Waals surface area (Å²) in [5.41, 5.74) is 1.76. The summed E-state index contributed by atoms with van der Waals surface area (Å²) in [6, 6.07) is 0.143. The Balaban J connectivity index is 1.24. The SMILES string of the molecule is CCC(C)[C@H]1C(OC(C)(C)C)=CC(=O)N1[C@H]1CCN(C2=CC(=O)N([C@H]3CCN(C4=CC(=O)N[C@H]4CC(C)C)C3)[C@H]2C)C1. The highest BCUT2D eigenvalue weighted by molar-refractivity contribution is 5.93. The first-order chi connectivity index (χ1) is 19.8. The Kier molecular flexibility index (Phi) is 8.42. The second-order valence-corrected chi connectivity index (χ2v) is 14.4. The molecule has 0 aromatic carbocycles. The van der Waals surface area contributed by atoms with Crippen molar-refractivity contribution in [2.45, 2.75) is 117 Å². The first-order valence-electron chi connectivity index (χ1n) is 16.1. The fourth-order valence-corrected chi connectivity index (χ4v) is 7.58. The zero-order valence-corrected chi connectivity index (χ0v) is 26.9. The monoisotopic (exact) mass is 581 g/mol. The van der Waals surface area contributed by atoms with Crippen LogP contribution in [0.25, 0.3) is 0 Å². The summed E-state index contributed by atoms with van der Waals surface area (Å²) in [6.45, 7) is 20.1. The molecule has 5 aliphatic heterocycles. The molecule has 0 radical (unpaired) electrons. The predicted octanol–water partition coefficient (Wildman–Crippen LogP) is 3.63. The second-order valence-electron chi connectivity index (χ2n) is 14.4. The molecule has 0 spiro atoms. The maximum atomic E-state index is 13.4. The maximum Gasteiger partial charge on any atom is 0.250 e. The fourth-order valence-electron chi connectivity index (χ4n) is 7.58. The minimum absolute atomic E-state index is 0.0170. The second kappa shape index (κ2) is 11.6. The van der Waals surface area contributed by atoms with Crippen LogP contribution in [-0.4, -0.2) is 99.3 Å². The number of nitrogens with one attached hydrogen (secondary N) is 1. The Labute approximate surface area is 252 Å². The van der Waals surface area contributed by atoms with Crippen LogP contribution in [-0.2, 0) is 19.1 Å². The Morgan fingerprint density at radius 2 is 1.50 bits per heavy atom. The van der Waals surface area contributed by atoms with Crippen molar-refractivity contribution in [2.75, 3.05) is 26.2 Å². The summed E-state index contributed by atoms with van der Waals surface area (Å²) in [7, 11) is 0. The van der Waals surface area contributed by atoms with E-state index in [9.17, 15) is 14.4 Å². The average molecular weight is 582 g/mol. The quantitative estimate of drug-likeness (QED) is 0.448. The lowest BCUT2D eigenvalue weighted by Crippen LogP contribution is -2.48. The van der Waals surface area contributed by atoms with Crippen LogP contribution in [0.2, 0.25) is 0 Å². The molecule has 3 amide bonds. The molecule has 9 nitrogen and oxygen atoms in total. The summed E-state index contributed by atoms with van der Waals surface area (Å²) < 4.78 is 6.29. The number of hydrogen-bond acceptors (Lipinski definition) is 6. The number of likely N-dealkylation sites (tertiary alicyclic amines) is 2. The number of hydrogen-bond donors (Lipinski definition) is 1. The molecule has 5 aliphatic rings. The maximum absolute atomic E-state index is 13.4. The molecule has 232 valence electrons. The predicted molar refractivity (Wildman–Crippen MR) is 163 cm³/mol. The molecule has 0 aliphatic carbocycles. The van der Waals surface area contributed by atoms with E-state index in [0.29, 0.717) is 5.92 Å². The van der Waals surface area contributed by atoms with Gasteiger partial charge in [-0.15, -0.1) is 0 Å². The van der Waals surface area contributed by atoms with Crippen LogP contribution in [0.3, 0.4) is 0 Å². The van der Waals surface area contributed by atoms with Gasteiger partial charge in [0, 0.05) is 55.8 Å². The van der Waals surface area contributed by atoms with Crippen LogP contribution in [0.5, 0.6) is 0 Å². The largest absolute Gasteiger partial charge is 0.490 e. The highest BCUT2D eigenvalue weighted by Gasteiger charge is 2.47. The van der Waals surface area contributed by atoms with Gasteiger partial charge in [-0.1, -0.05) is 34.1 Å². The third-order valence-electron chi connectivity index (χ3n) is 9.59. The number of carbonyl (C=O) groups excluding carboxylic acids is 3. The molecule has 5 rings (SSSR count). The molecular weight excluding hydrogens is 530 g/mol. The van der Waals surface area contributed by atoms with E-state index in [1.54, 1.807) is 12.2 Å². The van der Waals surface area contributed by atoms with Crippen LogP contribution < -0.4 is 5.32 Å². The standard InChI is InChI=1S/C33H51N5O4/c1-9-21(4)32-28(42-33(6,7)8)17-31(41)38(32)24-11-12-35(19-24)26-16-30(40)37(22(26)5)23-10-13-36(18-23)27-15-29(39)34-25(27)14-20(2)3/h15-17,20-25,32H,9-14,18-19H2,1-8H3,(H,34,39)/t21?,22-,23-,24-,25-,32-/m0/s1. The van der Waals surface area contributed by atoms with E-state index in [2.05, 4.69) is 54.6 Å². The molecule has 9 heteroatoms. The van der Waals surface area contributed by atoms with Gasteiger partial charge in [-0.2, -0.15) is 0 Å². The van der Waals surface area contributed by atoms with E-state index in [1.807, 2.05) is 31.7 Å². The van der Waals surface area contributed by atoms with Crippen LogP contribution >= 0.6 is 0 Å². The van der Waals surface area contributed by atoms with Gasteiger partial charge in [-0.3, -0.25) is 14.4 Å². The molecule has 1 unspecified atom stereocenters. The molecule has 0 saturated carbocycles. The van der Waals surface area contributed by atoms with E-state index in [-0.39, 0.29) is 59.4 Å². The van der Waals surface area contributed by atoms with Gasteiger partial charge >= 0.3 is 0 Å². The van der Waals surface area contributed by atoms with Gasteiger partial charge in [0.25, 0.3) is 5.91 Å². The van der Waals surface area contributed by atoms with Crippen molar-refractivity contribution in [1.82, 2.24) is 24.9 Å². The molecule has 0 aromatic heterocycles. The normalized spacial score (nSPS) is 30.9. The smallest absolute Gasteiger partial charge is 0.250 e. The van der Waals surface area contributed by atoms with E-state index in [0.717, 1.165) is 69.0 Å². The molecule has 6 atom stereocenters. The van der Waals surface area contributed by atoms with Gasteiger partial charge in [-0.25, -0.2) is 0 Å². The van der Waals surface area contributed by atoms with Crippen LogP contribution in [0.1, 0.15) is 81.1 Å². The molecular formula is C33H51N5O4. The topological polar surface area (TPSA) is 85.4 Å². The molecule has 1 N–H and O–H groups in total. The van der Waals surface area contributed by atoms with Gasteiger partial charge in [0.1, 0.15) is 11.4 Å². The molecule has 0 bridgehead atoms. The molecule has 5 heterocycles. The summed E-state index contributed by atoms with van der Waals surface area (Å²) in [4.78, 5) is 47.7. The number of amides is 3. The van der Waals surface area contributed by atoms with Crippen molar-refractivity contribution in [2.24, 2.45) is 11.8 Å². The van der Waals surface area contributed by atoms with E-state index in [1.165, 1.54) is 0 Å². The minimum atomic E-state index is -0.366. The number of nitrogens with zero attached hydrogens (tertiary/aromatic N) is 4. The highest BCUT2D eigenvalue weighted by Crippen LogP contribution is 2.38. The third kappa shape index (κ3) is 5.93.